The Kier molecular flexibility index (Phi) is 10.5. The molecule has 1 unspecified atom stereocenters. The molecule has 5 rings (SSSR count). The molecular weight excluding hydrogens is 635 g/mol. The number of methoxy groups -OCH3 is 2. The van der Waals surface area contributed by atoms with Crippen LogP contribution in [-0.2, 0) is 15.1 Å². The molecule has 1 aliphatic rings. The molecule has 0 radical (unpaired) electrons. The van der Waals surface area contributed by atoms with Gasteiger partial charge in [-0.2, -0.15) is 0 Å². The summed E-state index contributed by atoms with van der Waals surface area (Å²) in [4.78, 5) is 41.3. The van der Waals surface area contributed by atoms with Gasteiger partial charge in [0, 0.05) is 34.1 Å². The van der Waals surface area contributed by atoms with Crippen molar-refractivity contribution in [1.82, 2.24) is 5.32 Å². The second-order valence-electron chi connectivity index (χ2n) is 12.4. The molecule has 1 fully saturated rings. The van der Waals surface area contributed by atoms with Crippen molar-refractivity contribution in [2.24, 2.45) is 5.73 Å². The zero-order valence-corrected chi connectivity index (χ0v) is 28.8. The predicted octanol–water partition coefficient (Wildman–Crippen LogP) is 1.25. The van der Waals surface area contributed by atoms with E-state index < -0.39 is 33.3 Å². The minimum absolute atomic E-state index is 0.141. The van der Waals surface area contributed by atoms with E-state index in [0.29, 0.717) is 22.7 Å². The zero-order chi connectivity index (χ0) is 35.3. The molecule has 4 aromatic rings. The molecule has 1 aliphatic heterocycles. The molecular formula is C36H36B3N3O6S. The van der Waals surface area contributed by atoms with E-state index in [0.717, 1.165) is 16.7 Å². The number of aliphatic hydroxyl groups is 1. The normalized spacial score (nSPS) is 17.0. The summed E-state index contributed by atoms with van der Waals surface area (Å²) in [6, 6.07) is 29.0. The molecule has 4 aromatic carbocycles. The van der Waals surface area contributed by atoms with Gasteiger partial charge < -0.3 is 25.6 Å². The number of nitrogens with two attached hydrogens (primary N) is 1. The van der Waals surface area contributed by atoms with Crippen LogP contribution in [0.25, 0.3) is 0 Å². The molecule has 0 aromatic heterocycles. The van der Waals surface area contributed by atoms with Crippen LogP contribution < -0.4 is 25.4 Å². The Labute approximate surface area is 293 Å². The van der Waals surface area contributed by atoms with E-state index in [1.165, 1.54) is 26.0 Å². The SMILES string of the molecule is BC(B)(NC(=O)C[C@H]1S[C@@H](c2ccc(C#Cc3ccccc3)cc2)N(c2cccc(C(N)=O)c2)C1=O)C(B)(O)c1ccc(OC)c(OC)c1. The third-order valence-electron chi connectivity index (χ3n) is 8.76. The lowest BCUT2D eigenvalue weighted by atomic mass is 9.45. The van der Waals surface area contributed by atoms with Crippen molar-refractivity contribution in [2.75, 3.05) is 19.1 Å². The maximum Gasteiger partial charge on any atom is 0.248 e. The Morgan fingerprint density at radius 3 is 2.18 bits per heavy atom. The van der Waals surface area contributed by atoms with Crippen LogP contribution in [0.4, 0.5) is 5.69 Å². The first kappa shape index (κ1) is 35.3. The van der Waals surface area contributed by atoms with Crippen LogP contribution in [-0.4, -0.2) is 71.2 Å². The summed E-state index contributed by atoms with van der Waals surface area (Å²) in [6.07, 6.45) is -0.141. The van der Waals surface area contributed by atoms with Crippen LogP contribution in [0.1, 0.15) is 44.4 Å². The topological polar surface area (TPSA) is 131 Å². The molecule has 13 heteroatoms. The number of amides is 3. The highest BCUT2D eigenvalue weighted by Crippen LogP contribution is 2.47. The summed E-state index contributed by atoms with van der Waals surface area (Å²) in [7, 11) is 8.09. The van der Waals surface area contributed by atoms with Crippen molar-refractivity contribution in [1.29, 1.82) is 0 Å². The first-order chi connectivity index (χ1) is 23.3. The van der Waals surface area contributed by atoms with Gasteiger partial charge in [-0.25, -0.2) is 0 Å². The summed E-state index contributed by atoms with van der Waals surface area (Å²) in [5.41, 5.74) is 7.84. The number of benzene rings is 4. The first-order valence-corrected chi connectivity index (χ1v) is 16.6. The quantitative estimate of drug-likeness (QED) is 0.171. The fourth-order valence-corrected chi connectivity index (χ4v) is 7.02. The molecule has 0 bridgehead atoms. The molecule has 49 heavy (non-hydrogen) atoms. The second kappa shape index (κ2) is 14.6. The number of thioether (sulfide) groups is 1. The van der Waals surface area contributed by atoms with Crippen molar-refractivity contribution in [3.8, 4) is 23.3 Å². The molecule has 246 valence electrons. The fourth-order valence-electron chi connectivity index (χ4n) is 5.57. The van der Waals surface area contributed by atoms with Gasteiger partial charge in [-0.15, -0.1) is 11.8 Å². The Balaban J connectivity index is 1.39. The number of hydrogen-bond acceptors (Lipinski definition) is 7. The maximum atomic E-state index is 14.1. The highest BCUT2D eigenvalue weighted by atomic mass is 32.2. The Bertz CT molecular complexity index is 1930. The van der Waals surface area contributed by atoms with Crippen LogP contribution in [0.5, 0.6) is 11.5 Å². The summed E-state index contributed by atoms with van der Waals surface area (Å²) in [6.45, 7) is 0. The van der Waals surface area contributed by atoms with Crippen LogP contribution in [0.3, 0.4) is 0 Å². The number of primary amides is 1. The smallest absolute Gasteiger partial charge is 0.248 e. The third-order valence-corrected chi connectivity index (χ3v) is 10.2. The van der Waals surface area contributed by atoms with Gasteiger partial charge in [0.05, 0.1) is 25.0 Å². The third kappa shape index (κ3) is 7.66. The van der Waals surface area contributed by atoms with Gasteiger partial charge >= 0.3 is 0 Å². The summed E-state index contributed by atoms with van der Waals surface area (Å²) < 4.78 is 10.7. The molecule has 3 amide bonds. The number of anilines is 1. The summed E-state index contributed by atoms with van der Waals surface area (Å²) in [5.74, 6) is 5.96. The average molecular weight is 671 g/mol. The minimum Gasteiger partial charge on any atom is -0.493 e. The number of carbonyl (C=O) groups excluding carboxylic acids is 3. The highest BCUT2D eigenvalue weighted by molar-refractivity contribution is 8.01. The predicted molar refractivity (Wildman–Crippen MR) is 200 cm³/mol. The Hall–Kier alpha value is -5.05. The van der Waals surface area contributed by atoms with Gasteiger partial charge in [0.2, 0.25) is 17.7 Å². The van der Waals surface area contributed by atoms with Gasteiger partial charge in [0.25, 0.3) is 0 Å². The van der Waals surface area contributed by atoms with Crippen molar-refractivity contribution in [3.63, 3.8) is 0 Å². The van der Waals surface area contributed by atoms with E-state index in [4.69, 9.17) is 15.2 Å². The van der Waals surface area contributed by atoms with Gasteiger partial charge in [-0.1, -0.05) is 54.3 Å². The Morgan fingerprint density at radius 2 is 1.55 bits per heavy atom. The molecule has 0 aliphatic carbocycles. The van der Waals surface area contributed by atoms with Gasteiger partial charge in [0.1, 0.15) is 28.9 Å². The summed E-state index contributed by atoms with van der Waals surface area (Å²) in [5, 5.41) is 12.3. The van der Waals surface area contributed by atoms with Crippen molar-refractivity contribution >= 4 is 58.7 Å². The molecule has 9 nitrogen and oxygen atoms in total. The molecule has 1 heterocycles. The van der Waals surface area contributed by atoms with E-state index in [1.54, 1.807) is 70.9 Å². The van der Waals surface area contributed by atoms with Gasteiger partial charge in [-0.05, 0) is 65.7 Å². The summed E-state index contributed by atoms with van der Waals surface area (Å²) >= 11 is 1.34. The van der Waals surface area contributed by atoms with Crippen molar-refractivity contribution in [2.45, 2.75) is 27.9 Å². The van der Waals surface area contributed by atoms with Gasteiger partial charge in [-0.3, -0.25) is 19.3 Å². The van der Waals surface area contributed by atoms with E-state index in [1.807, 2.05) is 54.6 Å². The largest absolute Gasteiger partial charge is 0.493 e. The van der Waals surface area contributed by atoms with Crippen molar-refractivity contribution < 1.29 is 29.0 Å². The molecule has 0 saturated carbocycles. The fraction of sp³-hybridized carbons (Fsp3) is 0.194. The number of nitrogens with zero attached hydrogens (tertiary/aromatic N) is 1. The van der Waals surface area contributed by atoms with Gasteiger partial charge in [0.15, 0.2) is 11.5 Å². The van der Waals surface area contributed by atoms with Crippen LogP contribution >= 0.6 is 11.8 Å². The minimum atomic E-state index is -1.52. The number of ether oxygens (including phenoxy) is 2. The lowest BCUT2D eigenvalue weighted by Crippen LogP contribution is -2.64. The van der Waals surface area contributed by atoms with E-state index in [-0.39, 0.29) is 17.9 Å². The number of rotatable bonds is 10. The van der Waals surface area contributed by atoms with E-state index in [2.05, 4.69) is 17.2 Å². The van der Waals surface area contributed by atoms with Crippen LogP contribution in [0.2, 0.25) is 0 Å². The number of hydrogen-bond donors (Lipinski definition) is 3. The zero-order valence-electron chi connectivity index (χ0n) is 28.0. The molecule has 3 atom stereocenters. The monoisotopic (exact) mass is 671 g/mol. The lowest BCUT2D eigenvalue weighted by Gasteiger charge is -2.42. The van der Waals surface area contributed by atoms with Crippen LogP contribution in [0.15, 0.2) is 97.1 Å². The van der Waals surface area contributed by atoms with E-state index >= 15 is 0 Å². The molecule has 1 saturated heterocycles. The first-order valence-electron chi connectivity index (χ1n) is 15.7. The van der Waals surface area contributed by atoms with Crippen molar-refractivity contribution in [3.05, 3.63) is 125 Å². The maximum absolute atomic E-state index is 14.1. The average Bonchev–Trinajstić information content (AvgIpc) is 3.42. The number of carbonyl (C=O) groups is 3. The lowest BCUT2D eigenvalue weighted by molar-refractivity contribution is -0.125. The number of nitrogens with one attached hydrogen (secondary N) is 1. The van der Waals surface area contributed by atoms with Crippen LogP contribution in [0, 0.1) is 11.8 Å². The standard InChI is InChI=1S/C36H36B3N3O6S/c1-47-28-18-17-26(20-29(28)48-2)35(37,46)36(38,39)41-31(43)21-30-33(45)42(27-10-6-9-25(19-27)32(40)44)34(49-30)24-15-13-23(14-16-24)12-11-22-7-4-3-5-8-22/h3-10,13-20,30,34,46H,21,37-39H2,1-2H3,(H2,40,44)(H,41,43)/t30-,34+,35?/m1/s1. The highest BCUT2D eigenvalue weighted by Gasteiger charge is 2.45. The molecule has 4 N–H and O–H groups in total. The Morgan fingerprint density at radius 1 is 0.898 bits per heavy atom. The second-order valence-corrected chi connectivity index (χ2v) is 13.6. The van der Waals surface area contributed by atoms with E-state index in [9.17, 15) is 19.5 Å². The molecule has 0 spiro atoms.